The van der Waals surface area contributed by atoms with E-state index < -0.39 is 22.1 Å². The van der Waals surface area contributed by atoms with Crippen LogP contribution in [-0.2, 0) is 15.3 Å². The Labute approximate surface area is 165 Å². The first-order valence-corrected chi connectivity index (χ1v) is 10.2. The molecule has 1 heterocycles. The standard InChI is InChI=1S/C18H24N4O5S/c1-19-17(24)20-16(23)18(22-8-4-3-5-9-22)11-13(18)12-6-7-15(27-2)14(10-12)21-28(25)26/h6-7,10,13H,3-5,8-9,11H2,1-2H3,(H2,19,20,23,24). The largest absolute Gasteiger partial charge is 0.494 e. The van der Waals surface area contributed by atoms with Crippen molar-refractivity contribution in [1.29, 1.82) is 0 Å². The Balaban J connectivity index is 1.95. The molecule has 1 saturated carbocycles. The van der Waals surface area contributed by atoms with E-state index in [0.717, 1.165) is 37.9 Å². The van der Waals surface area contributed by atoms with Crippen molar-refractivity contribution in [2.24, 2.45) is 4.36 Å². The minimum absolute atomic E-state index is 0.157. The second-order valence-electron chi connectivity index (χ2n) is 7.00. The molecule has 10 heteroatoms. The molecule has 0 spiro atoms. The molecule has 1 aliphatic carbocycles. The first-order chi connectivity index (χ1) is 13.4. The number of hydrogen-bond acceptors (Lipinski definition) is 7. The van der Waals surface area contributed by atoms with Crippen LogP contribution in [-0.4, -0.2) is 58.0 Å². The highest BCUT2D eigenvalue weighted by molar-refractivity contribution is 7.61. The molecule has 28 heavy (non-hydrogen) atoms. The minimum atomic E-state index is -2.62. The van der Waals surface area contributed by atoms with Crippen molar-refractivity contribution < 1.29 is 22.7 Å². The quantitative estimate of drug-likeness (QED) is 0.764. The van der Waals surface area contributed by atoms with E-state index in [-0.39, 0.29) is 17.5 Å². The Kier molecular flexibility index (Phi) is 5.99. The van der Waals surface area contributed by atoms with Gasteiger partial charge in [0.2, 0.25) is 5.91 Å². The number of nitrogens with one attached hydrogen (secondary N) is 2. The number of methoxy groups -OCH3 is 1. The van der Waals surface area contributed by atoms with E-state index in [1.165, 1.54) is 14.2 Å². The lowest BCUT2D eigenvalue weighted by atomic mass is 10.00. The van der Waals surface area contributed by atoms with Crippen LogP contribution < -0.4 is 15.4 Å². The number of nitrogens with zero attached hydrogens (tertiary/aromatic N) is 2. The van der Waals surface area contributed by atoms with Gasteiger partial charge >= 0.3 is 16.5 Å². The van der Waals surface area contributed by atoms with Gasteiger partial charge in [0.15, 0.2) is 0 Å². The molecule has 3 rings (SSSR count). The van der Waals surface area contributed by atoms with Gasteiger partial charge in [-0.25, -0.2) is 4.79 Å². The molecule has 1 saturated heterocycles. The number of piperidine rings is 1. The normalized spacial score (nSPS) is 24.1. The van der Waals surface area contributed by atoms with Gasteiger partial charge in [0.25, 0.3) is 0 Å². The zero-order chi connectivity index (χ0) is 20.3. The molecule has 2 fully saturated rings. The van der Waals surface area contributed by atoms with E-state index in [4.69, 9.17) is 4.74 Å². The van der Waals surface area contributed by atoms with Gasteiger partial charge in [0.05, 0.1) is 7.11 Å². The molecule has 0 radical (unpaired) electrons. The van der Waals surface area contributed by atoms with Crippen molar-refractivity contribution >= 4 is 28.1 Å². The third-order valence-corrected chi connectivity index (χ3v) is 5.82. The SMILES string of the molecule is CNC(=O)NC(=O)C1(N2CCCCC2)CC1c1ccc(OC)c(N=S(=O)=O)c1. The van der Waals surface area contributed by atoms with Crippen LogP contribution in [0.4, 0.5) is 10.5 Å². The third-order valence-electron chi connectivity index (χ3n) is 5.48. The maximum atomic E-state index is 13.0. The summed E-state index contributed by atoms with van der Waals surface area (Å²) in [6.07, 6.45) is 3.68. The number of hydrogen-bond donors (Lipinski definition) is 2. The van der Waals surface area contributed by atoms with Gasteiger partial charge in [0, 0.05) is 13.0 Å². The first-order valence-electron chi connectivity index (χ1n) is 9.19. The van der Waals surface area contributed by atoms with Crippen molar-refractivity contribution in [1.82, 2.24) is 15.5 Å². The Morgan fingerprint density at radius 3 is 2.57 bits per heavy atom. The predicted octanol–water partition coefficient (Wildman–Crippen LogP) is 1.56. The van der Waals surface area contributed by atoms with Crippen molar-refractivity contribution in [3.8, 4) is 5.75 Å². The summed E-state index contributed by atoms with van der Waals surface area (Å²) in [6.45, 7) is 1.57. The Morgan fingerprint density at radius 1 is 1.25 bits per heavy atom. The topological polar surface area (TPSA) is 117 Å². The average molecular weight is 408 g/mol. The minimum Gasteiger partial charge on any atom is -0.494 e. The lowest BCUT2D eigenvalue weighted by molar-refractivity contribution is -0.127. The van der Waals surface area contributed by atoms with E-state index in [1.807, 2.05) is 6.07 Å². The van der Waals surface area contributed by atoms with Crippen molar-refractivity contribution in [3.05, 3.63) is 23.8 Å². The molecule has 1 aromatic rings. The van der Waals surface area contributed by atoms with E-state index in [9.17, 15) is 18.0 Å². The molecule has 152 valence electrons. The summed E-state index contributed by atoms with van der Waals surface area (Å²) in [5.41, 5.74) is 0.178. The lowest BCUT2D eigenvalue weighted by Crippen LogP contribution is -2.54. The lowest BCUT2D eigenvalue weighted by Gasteiger charge is -2.35. The number of rotatable bonds is 5. The van der Waals surface area contributed by atoms with Gasteiger partial charge in [-0.15, -0.1) is 4.36 Å². The van der Waals surface area contributed by atoms with Crippen molar-refractivity contribution in [3.63, 3.8) is 0 Å². The Bertz CT molecular complexity index is 903. The maximum Gasteiger partial charge on any atom is 0.321 e. The fourth-order valence-corrected chi connectivity index (χ4v) is 4.34. The number of urea groups is 1. The van der Waals surface area contributed by atoms with Crippen LogP contribution in [0.1, 0.15) is 37.2 Å². The second kappa shape index (κ2) is 8.27. The highest BCUT2D eigenvalue weighted by Crippen LogP contribution is 2.57. The van der Waals surface area contributed by atoms with Gasteiger partial charge in [-0.1, -0.05) is 12.5 Å². The molecule has 2 N–H and O–H groups in total. The van der Waals surface area contributed by atoms with E-state index in [2.05, 4.69) is 19.9 Å². The summed E-state index contributed by atoms with van der Waals surface area (Å²) in [4.78, 5) is 26.9. The van der Waals surface area contributed by atoms with Crippen LogP contribution in [0, 0.1) is 0 Å². The number of carbonyl (C=O) groups is 2. The predicted molar refractivity (Wildman–Crippen MR) is 102 cm³/mol. The van der Waals surface area contributed by atoms with Crippen LogP contribution in [0.15, 0.2) is 22.6 Å². The van der Waals surface area contributed by atoms with Crippen molar-refractivity contribution in [2.75, 3.05) is 27.2 Å². The van der Waals surface area contributed by atoms with E-state index in [0.29, 0.717) is 12.2 Å². The zero-order valence-electron chi connectivity index (χ0n) is 15.9. The first kappa shape index (κ1) is 20.3. The molecular formula is C18H24N4O5S. The van der Waals surface area contributed by atoms with Gasteiger partial charge in [-0.2, -0.15) is 8.42 Å². The number of imide groups is 1. The summed E-state index contributed by atoms with van der Waals surface area (Å²) in [6, 6.07) is 4.56. The van der Waals surface area contributed by atoms with Crippen molar-refractivity contribution in [2.45, 2.75) is 37.1 Å². The van der Waals surface area contributed by atoms with Crippen LogP contribution >= 0.6 is 0 Å². The number of carbonyl (C=O) groups excluding carboxylic acids is 2. The number of likely N-dealkylation sites (tertiary alicyclic amines) is 1. The Morgan fingerprint density at radius 2 is 1.96 bits per heavy atom. The van der Waals surface area contributed by atoms with Crippen LogP contribution in [0.25, 0.3) is 0 Å². The van der Waals surface area contributed by atoms with Crippen LogP contribution in [0.2, 0.25) is 0 Å². The second-order valence-corrected chi connectivity index (χ2v) is 7.62. The molecule has 9 nitrogen and oxygen atoms in total. The average Bonchev–Trinajstić information content (AvgIpc) is 3.45. The van der Waals surface area contributed by atoms with E-state index in [1.54, 1.807) is 12.1 Å². The number of benzene rings is 1. The molecule has 0 aromatic heterocycles. The number of amides is 3. The van der Waals surface area contributed by atoms with Gasteiger partial charge < -0.3 is 10.1 Å². The molecule has 1 aromatic carbocycles. The monoisotopic (exact) mass is 408 g/mol. The van der Waals surface area contributed by atoms with E-state index >= 15 is 0 Å². The summed E-state index contributed by atoms with van der Waals surface area (Å²) in [5.74, 6) is -0.150. The Hall–Kier alpha value is -2.46. The molecule has 2 atom stereocenters. The van der Waals surface area contributed by atoms with Gasteiger partial charge in [-0.3, -0.25) is 15.0 Å². The molecule has 2 aliphatic rings. The van der Waals surface area contributed by atoms with Crippen LogP contribution in [0.5, 0.6) is 5.75 Å². The van der Waals surface area contributed by atoms with Crippen LogP contribution in [0.3, 0.4) is 0 Å². The molecule has 2 unspecified atom stereocenters. The molecule has 3 amide bonds. The molecule has 0 bridgehead atoms. The number of ether oxygens (including phenoxy) is 1. The fraction of sp³-hybridized carbons (Fsp3) is 0.556. The summed E-state index contributed by atoms with van der Waals surface area (Å²) < 4.78 is 30.8. The third kappa shape index (κ3) is 3.88. The highest BCUT2D eigenvalue weighted by Gasteiger charge is 2.64. The maximum absolute atomic E-state index is 13.0. The van der Waals surface area contributed by atoms with Gasteiger partial charge in [0.1, 0.15) is 17.0 Å². The summed E-state index contributed by atoms with van der Waals surface area (Å²) >= 11 is 0. The summed E-state index contributed by atoms with van der Waals surface area (Å²) in [7, 11) is 0.279. The molecular weight excluding hydrogens is 384 g/mol. The smallest absolute Gasteiger partial charge is 0.321 e. The highest BCUT2D eigenvalue weighted by atomic mass is 32.2. The zero-order valence-corrected chi connectivity index (χ0v) is 16.7. The molecule has 1 aliphatic heterocycles. The van der Waals surface area contributed by atoms with Gasteiger partial charge in [-0.05, 0) is 50.0 Å². The summed E-state index contributed by atoms with van der Waals surface area (Å²) in [5, 5.41) is 4.83. The fourth-order valence-electron chi connectivity index (χ4n) is 4.03.